The van der Waals surface area contributed by atoms with E-state index in [0.717, 1.165) is 11.3 Å². The summed E-state index contributed by atoms with van der Waals surface area (Å²) in [5.41, 5.74) is 1.53. The molecule has 0 aliphatic heterocycles. The highest BCUT2D eigenvalue weighted by molar-refractivity contribution is 8.00. The Bertz CT molecular complexity index is 821. The second kappa shape index (κ2) is 7.51. The van der Waals surface area contributed by atoms with Gasteiger partial charge in [-0.3, -0.25) is 4.79 Å². The number of amides is 1. The van der Waals surface area contributed by atoms with Crippen LogP contribution in [0.25, 0.3) is 11.5 Å². The van der Waals surface area contributed by atoms with Crippen molar-refractivity contribution >= 4 is 35.0 Å². The van der Waals surface area contributed by atoms with Gasteiger partial charge in [0.25, 0.3) is 5.22 Å². The number of nitrogens with zero attached hydrogens (tertiary/aromatic N) is 2. The summed E-state index contributed by atoms with van der Waals surface area (Å²) < 4.78 is 5.60. The zero-order valence-corrected chi connectivity index (χ0v) is 14.3. The fourth-order valence-electron chi connectivity index (χ4n) is 1.94. The van der Waals surface area contributed by atoms with Crippen molar-refractivity contribution in [1.82, 2.24) is 10.2 Å². The molecule has 0 spiro atoms. The number of halogens is 1. The van der Waals surface area contributed by atoms with Crippen LogP contribution in [-0.2, 0) is 4.79 Å². The highest BCUT2D eigenvalue weighted by atomic mass is 35.5. The van der Waals surface area contributed by atoms with Crippen molar-refractivity contribution in [3.05, 3.63) is 59.6 Å². The van der Waals surface area contributed by atoms with Gasteiger partial charge in [0.2, 0.25) is 11.8 Å². The van der Waals surface area contributed by atoms with Gasteiger partial charge in [-0.1, -0.05) is 41.6 Å². The first-order chi connectivity index (χ1) is 11.6. The van der Waals surface area contributed by atoms with Crippen LogP contribution in [0.5, 0.6) is 0 Å². The van der Waals surface area contributed by atoms with Crippen molar-refractivity contribution in [2.45, 2.75) is 17.4 Å². The molecule has 122 valence electrons. The van der Waals surface area contributed by atoms with Crippen LogP contribution in [-0.4, -0.2) is 21.4 Å². The number of carbonyl (C=O) groups excluding carboxylic acids is 1. The van der Waals surface area contributed by atoms with Crippen LogP contribution in [0.3, 0.4) is 0 Å². The second-order valence-corrected chi connectivity index (χ2v) is 6.72. The smallest absolute Gasteiger partial charge is 0.277 e. The molecule has 5 nitrogen and oxygen atoms in total. The van der Waals surface area contributed by atoms with Crippen LogP contribution in [0, 0.1) is 0 Å². The minimum absolute atomic E-state index is 0.127. The molecular weight excluding hydrogens is 346 g/mol. The van der Waals surface area contributed by atoms with Crippen molar-refractivity contribution in [3.63, 3.8) is 0 Å². The molecule has 1 unspecified atom stereocenters. The quantitative estimate of drug-likeness (QED) is 0.679. The summed E-state index contributed by atoms with van der Waals surface area (Å²) in [4.78, 5) is 12.2. The van der Waals surface area contributed by atoms with Gasteiger partial charge in [-0.05, 0) is 43.3 Å². The van der Waals surface area contributed by atoms with Crippen LogP contribution < -0.4 is 5.32 Å². The van der Waals surface area contributed by atoms with E-state index in [1.165, 1.54) is 11.8 Å². The van der Waals surface area contributed by atoms with E-state index in [1.807, 2.05) is 30.3 Å². The lowest BCUT2D eigenvalue weighted by molar-refractivity contribution is -0.115. The molecule has 0 radical (unpaired) electrons. The number of nitrogens with one attached hydrogen (secondary N) is 1. The van der Waals surface area contributed by atoms with Crippen LogP contribution in [0.1, 0.15) is 6.92 Å². The Balaban J connectivity index is 1.63. The Kier molecular flexibility index (Phi) is 5.17. The van der Waals surface area contributed by atoms with Crippen LogP contribution in [0.4, 0.5) is 5.69 Å². The first-order valence-corrected chi connectivity index (χ1v) is 8.49. The van der Waals surface area contributed by atoms with E-state index in [1.54, 1.807) is 31.2 Å². The lowest BCUT2D eigenvalue weighted by Crippen LogP contribution is -2.22. The predicted molar refractivity (Wildman–Crippen MR) is 95.1 cm³/mol. The van der Waals surface area contributed by atoms with Crippen LogP contribution in [0.2, 0.25) is 5.02 Å². The first kappa shape index (κ1) is 16.5. The number of anilines is 1. The minimum atomic E-state index is -0.372. The molecule has 1 atom stereocenters. The topological polar surface area (TPSA) is 68.0 Å². The van der Waals surface area contributed by atoms with E-state index in [0.29, 0.717) is 16.1 Å². The average Bonchev–Trinajstić information content (AvgIpc) is 3.05. The van der Waals surface area contributed by atoms with Gasteiger partial charge in [0.05, 0.1) is 5.25 Å². The van der Waals surface area contributed by atoms with Crippen molar-refractivity contribution in [2.24, 2.45) is 0 Å². The lowest BCUT2D eigenvalue weighted by Gasteiger charge is -2.09. The number of benzene rings is 2. The summed E-state index contributed by atoms with van der Waals surface area (Å²) in [5.74, 6) is 0.266. The molecule has 1 aromatic heterocycles. The number of rotatable bonds is 5. The molecule has 1 heterocycles. The molecule has 3 aromatic rings. The maximum atomic E-state index is 12.2. The Morgan fingerprint density at radius 2 is 1.83 bits per heavy atom. The van der Waals surface area contributed by atoms with Gasteiger partial charge in [-0.15, -0.1) is 10.2 Å². The maximum Gasteiger partial charge on any atom is 0.277 e. The van der Waals surface area contributed by atoms with E-state index in [2.05, 4.69) is 15.5 Å². The number of para-hydroxylation sites is 1. The Hall–Kier alpha value is -2.31. The standard InChI is InChI=1S/C17H14ClN3O2S/c1-11(15(22)19-14-5-3-2-4-6-14)24-17-21-20-16(23-17)12-7-9-13(18)10-8-12/h2-11H,1H3,(H,19,22). The Morgan fingerprint density at radius 3 is 2.54 bits per heavy atom. The molecule has 0 aliphatic rings. The zero-order chi connectivity index (χ0) is 16.9. The molecule has 1 N–H and O–H groups in total. The largest absolute Gasteiger partial charge is 0.411 e. The van der Waals surface area contributed by atoms with Crippen LogP contribution >= 0.6 is 23.4 Å². The average molecular weight is 360 g/mol. The summed E-state index contributed by atoms with van der Waals surface area (Å²) in [5, 5.41) is 11.4. The number of hydrogen-bond acceptors (Lipinski definition) is 5. The number of carbonyl (C=O) groups is 1. The Labute approximate surface area is 148 Å². The van der Waals surface area contributed by atoms with Gasteiger partial charge >= 0.3 is 0 Å². The second-order valence-electron chi connectivity index (χ2n) is 5.00. The number of aromatic nitrogens is 2. The SMILES string of the molecule is CC(Sc1nnc(-c2ccc(Cl)cc2)o1)C(=O)Nc1ccccc1. The number of thioether (sulfide) groups is 1. The van der Waals surface area contributed by atoms with Crippen molar-refractivity contribution in [3.8, 4) is 11.5 Å². The van der Waals surface area contributed by atoms with Gasteiger partial charge in [0, 0.05) is 16.3 Å². The first-order valence-electron chi connectivity index (χ1n) is 7.24. The molecule has 1 amide bonds. The molecule has 0 saturated carbocycles. The Morgan fingerprint density at radius 1 is 1.12 bits per heavy atom. The molecule has 3 rings (SSSR count). The van der Waals surface area contributed by atoms with E-state index >= 15 is 0 Å². The van der Waals surface area contributed by atoms with Gasteiger partial charge in [0.1, 0.15) is 0 Å². The molecule has 2 aromatic carbocycles. The normalized spacial score (nSPS) is 11.9. The third-order valence-electron chi connectivity index (χ3n) is 3.19. The van der Waals surface area contributed by atoms with E-state index < -0.39 is 0 Å². The van der Waals surface area contributed by atoms with E-state index in [9.17, 15) is 4.79 Å². The maximum absolute atomic E-state index is 12.2. The summed E-state index contributed by atoms with van der Waals surface area (Å²) in [6.45, 7) is 1.79. The summed E-state index contributed by atoms with van der Waals surface area (Å²) in [6.07, 6.45) is 0. The summed E-state index contributed by atoms with van der Waals surface area (Å²) in [7, 11) is 0. The fourth-order valence-corrected chi connectivity index (χ4v) is 2.75. The van der Waals surface area contributed by atoms with Crippen molar-refractivity contribution in [1.29, 1.82) is 0 Å². The number of hydrogen-bond donors (Lipinski definition) is 1. The molecule has 0 saturated heterocycles. The monoisotopic (exact) mass is 359 g/mol. The fraction of sp³-hybridized carbons (Fsp3) is 0.118. The molecule has 0 aliphatic carbocycles. The van der Waals surface area contributed by atoms with E-state index in [-0.39, 0.29) is 11.2 Å². The van der Waals surface area contributed by atoms with Crippen molar-refractivity contribution < 1.29 is 9.21 Å². The van der Waals surface area contributed by atoms with Gasteiger partial charge in [-0.25, -0.2) is 0 Å². The highest BCUT2D eigenvalue weighted by Gasteiger charge is 2.18. The zero-order valence-electron chi connectivity index (χ0n) is 12.8. The minimum Gasteiger partial charge on any atom is -0.411 e. The van der Waals surface area contributed by atoms with Gasteiger partial charge in [-0.2, -0.15) is 0 Å². The lowest BCUT2D eigenvalue weighted by atomic mass is 10.2. The molecule has 0 fully saturated rings. The molecule has 24 heavy (non-hydrogen) atoms. The van der Waals surface area contributed by atoms with Gasteiger partial charge < -0.3 is 9.73 Å². The summed E-state index contributed by atoms with van der Waals surface area (Å²) in [6, 6.07) is 16.4. The predicted octanol–water partition coefficient (Wildman–Crippen LogP) is 4.51. The third-order valence-corrected chi connectivity index (χ3v) is 4.37. The molecule has 7 heteroatoms. The molecular formula is C17H14ClN3O2S. The summed E-state index contributed by atoms with van der Waals surface area (Å²) >= 11 is 7.07. The van der Waals surface area contributed by atoms with Crippen molar-refractivity contribution in [2.75, 3.05) is 5.32 Å². The third kappa shape index (κ3) is 4.15. The molecule has 0 bridgehead atoms. The highest BCUT2D eigenvalue weighted by Crippen LogP contribution is 2.27. The van der Waals surface area contributed by atoms with E-state index in [4.69, 9.17) is 16.0 Å². The van der Waals surface area contributed by atoms with Gasteiger partial charge in [0.15, 0.2) is 0 Å². The van der Waals surface area contributed by atoms with Crippen LogP contribution in [0.15, 0.2) is 64.2 Å².